The molecule has 0 spiro atoms. The molecule has 0 aliphatic heterocycles. The fourth-order valence-electron chi connectivity index (χ4n) is 4.90. The molecule has 2 atom stereocenters. The van der Waals surface area contributed by atoms with Gasteiger partial charge in [-0.15, -0.1) is 11.8 Å². The maximum Gasteiger partial charge on any atom is 0.401 e. The highest BCUT2D eigenvalue weighted by molar-refractivity contribution is 8.03. The Kier molecular flexibility index (Phi) is 9.49. The van der Waals surface area contributed by atoms with Crippen molar-refractivity contribution in [2.45, 2.75) is 43.0 Å². The molecule has 2 aliphatic carbocycles. The molecule has 5 rings (SSSR count). The van der Waals surface area contributed by atoms with Gasteiger partial charge < -0.3 is 19.1 Å². The smallest absolute Gasteiger partial charge is 0.401 e. The summed E-state index contributed by atoms with van der Waals surface area (Å²) in [6.07, 6.45) is 7.47. The Labute approximate surface area is 239 Å². The van der Waals surface area contributed by atoms with Crippen molar-refractivity contribution in [3.63, 3.8) is 0 Å². The van der Waals surface area contributed by atoms with Gasteiger partial charge in [0.2, 0.25) is 0 Å². The average Bonchev–Trinajstić information content (AvgIpc) is 3.63. The maximum absolute atomic E-state index is 13.0. The molecule has 216 valence electrons. The number of hydrogen-bond acceptors (Lipinski definition) is 6. The summed E-state index contributed by atoms with van der Waals surface area (Å²) in [5.74, 6) is 0.758. The third-order valence-corrected chi connectivity index (χ3v) is 8.84. The summed E-state index contributed by atoms with van der Waals surface area (Å²) in [5.41, 5.74) is 2.59. The first-order chi connectivity index (χ1) is 19.2. The number of hydrogen-bond donors (Lipinski definition) is 2. The Morgan fingerprint density at radius 3 is 2.83 bits per heavy atom. The molecule has 0 amide bonds. The zero-order chi connectivity index (χ0) is 28.3. The average molecular weight is 616 g/mol. The number of aromatic nitrogens is 2. The van der Waals surface area contributed by atoms with Crippen LogP contribution in [-0.2, 0) is 9.09 Å². The lowest BCUT2D eigenvalue weighted by Gasteiger charge is -2.23. The molecule has 2 unspecified atom stereocenters. The standard InChI is InChI=1S/C27H30ClF3N3O4PS/c28-18-14-22-24-21(17-3-1-4-20(13-17)40-19-5-6-19)7-8-23(25(24)33-26(22)32-15-18)37-11-2-9-34(16-27(29,30)31)10-12-38-39(35)36/h1,3-4,7-8,14-15,17,19,39H,2,5-6,9-13,16H2,(H,32,33)(H,35,36). The van der Waals surface area contributed by atoms with Gasteiger partial charge in [0, 0.05) is 41.2 Å². The van der Waals surface area contributed by atoms with Crippen molar-refractivity contribution in [3.8, 4) is 5.75 Å². The van der Waals surface area contributed by atoms with E-state index in [1.54, 1.807) is 6.20 Å². The second-order valence-corrected chi connectivity index (χ2v) is 12.6. The summed E-state index contributed by atoms with van der Waals surface area (Å²) >= 11 is 8.28. The van der Waals surface area contributed by atoms with Crippen molar-refractivity contribution < 1.29 is 31.9 Å². The fourth-order valence-corrected chi connectivity index (χ4v) is 6.55. The molecule has 2 N–H and O–H groups in total. The molecule has 7 nitrogen and oxygen atoms in total. The molecule has 2 aromatic heterocycles. The molecular weight excluding hydrogens is 586 g/mol. The largest absolute Gasteiger partial charge is 0.491 e. The molecule has 13 heteroatoms. The SMILES string of the molecule is O=[PH](O)OCCN(CCCOc1ccc(C2C=CC=C(SC3CC3)C2)c2c1[nH]c1ncc(Cl)cc12)CC(F)(F)F. The Hall–Kier alpha value is -2.01. The van der Waals surface area contributed by atoms with E-state index in [0.29, 0.717) is 22.8 Å². The monoisotopic (exact) mass is 615 g/mol. The van der Waals surface area contributed by atoms with Crippen LogP contribution in [0.1, 0.15) is 37.2 Å². The number of nitrogens with one attached hydrogen (secondary N) is 1. The Bertz CT molecular complexity index is 1440. The van der Waals surface area contributed by atoms with E-state index >= 15 is 0 Å². The van der Waals surface area contributed by atoms with Crippen LogP contribution in [0.15, 0.2) is 47.5 Å². The number of halogens is 4. The third kappa shape index (κ3) is 7.84. The molecule has 1 fully saturated rings. The second kappa shape index (κ2) is 12.9. The van der Waals surface area contributed by atoms with Gasteiger partial charge in [0.15, 0.2) is 0 Å². The lowest BCUT2D eigenvalue weighted by molar-refractivity contribution is -0.146. The van der Waals surface area contributed by atoms with Crippen LogP contribution in [0, 0.1) is 0 Å². The van der Waals surface area contributed by atoms with Crippen LogP contribution >= 0.6 is 31.6 Å². The molecule has 1 aromatic carbocycles. The van der Waals surface area contributed by atoms with Crippen molar-refractivity contribution in [2.24, 2.45) is 0 Å². The van der Waals surface area contributed by atoms with E-state index in [0.717, 1.165) is 38.4 Å². The highest BCUT2D eigenvalue weighted by Crippen LogP contribution is 2.46. The van der Waals surface area contributed by atoms with Crippen LogP contribution in [0.25, 0.3) is 21.9 Å². The molecule has 0 bridgehead atoms. The number of thioether (sulfide) groups is 1. The van der Waals surface area contributed by atoms with Crippen molar-refractivity contribution in [3.05, 3.63) is 58.1 Å². The fraction of sp³-hybridized carbons (Fsp3) is 0.444. The van der Waals surface area contributed by atoms with E-state index in [1.165, 1.54) is 17.7 Å². The van der Waals surface area contributed by atoms with Crippen LogP contribution in [0.2, 0.25) is 5.02 Å². The van der Waals surface area contributed by atoms with Gasteiger partial charge in [-0.05, 0) is 48.3 Å². The minimum absolute atomic E-state index is 0.0843. The van der Waals surface area contributed by atoms with E-state index in [2.05, 4.69) is 38.8 Å². The van der Waals surface area contributed by atoms with Gasteiger partial charge in [-0.1, -0.05) is 35.9 Å². The Balaban J connectivity index is 1.33. The van der Waals surface area contributed by atoms with E-state index in [9.17, 15) is 17.7 Å². The first-order valence-corrected chi connectivity index (χ1v) is 15.6. The van der Waals surface area contributed by atoms with Gasteiger partial charge >= 0.3 is 14.4 Å². The summed E-state index contributed by atoms with van der Waals surface area (Å²) in [6, 6.07) is 5.83. The van der Waals surface area contributed by atoms with Gasteiger partial charge in [0.25, 0.3) is 0 Å². The minimum atomic E-state index is -4.40. The van der Waals surface area contributed by atoms with E-state index in [4.69, 9.17) is 21.2 Å². The highest BCUT2D eigenvalue weighted by atomic mass is 35.5. The minimum Gasteiger partial charge on any atom is -0.491 e. The summed E-state index contributed by atoms with van der Waals surface area (Å²) in [4.78, 5) is 19.1. The van der Waals surface area contributed by atoms with Gasteiger partial charge in [-0.3, -0.25) is 9.46 Å². The second-order valence-electron chi connectivity index (χ2n) is 9.93. The van der Waals surface area contributed by atoms with Crippen LogP contribution < -0.4 is 4.74 Å². The molecule has 2 heterocycles. The van der Waals surface area contributed by atoms with Crippen LogP contribution in [0.3, 0.4) is 0 Å². The number of pyridine rings is 1. The quantitative estimate of drug-likeness (QED) is 0.155. The Morgan fingerprint density at radius 1 is 1.25 bits per heavy atom. The molecule has 2 aliphatic rings. The summed E-state index contributed by atoms with van der Waals surface area (Å²) in [6.45, 7) is -1.25. The lowest BCUT2D eigenvalue weighted by Crippen LogP contribution is -2.37. The van der Waals surface area contributed by atoms with Crippen LogP contribution in [-0.4, -0.2) is 64.0 Å². The third-order valence-electron chi connectivity index (χ3n) is 6.77. The maximum atomic E-state index is 13.0. The van der Waals surface area contributed by atoms with Crippen LogP contribution in [0.4, 0.5) is 13.2 Å². The number of aromatic amines is 1. The normalized spacial score (nSPS) is 18.6. The first kappa shape index (κ1) is 29.5. The van der Waals surface area contributed by atoms with Gasteiger partial charge in [0.05, 0.1) is 30.3 Å². The summed E-state index contributed by atoms with van der Waals surface area (Å²) in [7, 11) is -3.19. The molecule has 0 saturated heterocycles. The van der Waals surface area contributed by atoms with Gasteiger partial charge in [-0.25, -0.2) is 4.98 Å². The molecular formula is C27H30ClF3N3O4PS. The number of alkyl halides is 3. The van der Waals surface area contributed by atoms with Gasteiger partial charge in [0.1, 0.15) is 11.4 Å². The van der Waals surface area contributed by atoms with E-state index in [1.807, 2.05) is 23.9 Å². The molecule has 40 heavy (non-hydrogen) atoms. The number of H-pyrrole nitrogens is 1. The lowest BCUT2D eigenvalue weighted by atomic mass is 9.89. The number of fused-ring (bicyclic) bond motifs is 3. The highest BCUT2D eigenvalue weighted by Gasteiger charge is 2.30. The predicted octanol–water partition coefficient (Wildman–Crippen LogP) is 7.22. The zero-order valence-electron chi connectivity index (χ0n) is 21.5. The van der Waals surface area contributed by atoms with E-state index < -0.39 is 21.0 Å². The number of allylic oxidation sites excluding steroid dienone is 4. The van der Waals surface area contributed by atoms with Crippen molar-refractivity contribution in [2.75, 3.05) is 32.8 Å². The first-order valence-electron chi connectivity index (χ1n) is 13.1. The van der Waals surface area contributed by atoms with Crippen LogP contribution in [0.5, 0.6) is 5.75 Å². The molecule has 3 aromatic rings. The zero-order valence-corrected chi connectivity index (χ0v) is 24.1. The van der Waals surface area contributed by atoms with E-state index in [-0.39, 0.29) is 32.2 Å². The number of benzene rings is 1. The van der Waals surface area contributed by atoms with Crippen molar-refractivity contribution >= 4 is 53.6 Å². The number of ether oxygens (including phenoxy) is 1. The molecule has 0 radical (unpaired) electrons. The summed E-state index contributed by atoms with van der Waals surface area (Å²) < 4.78 is 60.4. The van der Waals surface area contributed by atoms with Crippen molar-refractivity contribution in [1.82, 2.24) is 14.9 Å². The molecule has 1 saturated carbocycles. The Morgan fingerprint density at radius 2 is 2.08 bits per heavy atom. The number of rotatable bonds is 13. The van der Waals surface area contributed by atoms with Crippen molar-refractivity contribution in [1.29, 1.82) is 0 Å². The number of nitrogens with zero attached hydrogens (tertiary/aromatic N) is 2. The summed E-state index contributed by atoms with van der Waals surface area (Å²) in [5, 5.41) is 3.12. The predicted molar refractivity (Wildman–Crippen MR) is 154 cm³/mol. The topological polar surface area (TPSA) is 87.7 Å². The van der Waals surface area contributed by atoms with Gasteiger partial charge in [-0.2, -0.15) is 13.2 Å².